The number of aryl methyl sites for hydroxylation is 2. The number of hydrogen-bond acceptors (Lipinski definition) is 0. The first-order chi connectivity index (χ1) is 15.0. The quantitative estimate of drug-likeness (QED) is 0.233. The maximum absolute atomic E-state index is 2.61. The molecular weight excluding hydrogens is 388 g/mol. The summed E-state index contributed by atoms with van der Waals surface area (Å²) in [5, 5.41) is 1.67. The van der Waals surface area contributed by atoms with Crippen LogP contribution in [0.1, 0.15) is 99.9 Å². The van der Waals surface area contributed by atoms with Crippen molar-refractivity contribution in [3.63, 3.8) is 0 Å². The zero-order chi connectivity index (χ0) is 22.3. The molecule has 3 rings (SSSR count). The molecule has 0 aliphatic heterocycles. The Hall–Kier alpha value is -1.60. The van der Waals surface area contributed by atoms with Gasteiger partial charge in [-0.3, -0.25) is 0 Å². The minimum Gasteiger partial charge on any atom is -0.0676 e. The van der Waals surface area contributed by atoms with Crippen LogP contribution in [0.4, 0.5) is 0 Å². The zero-order valence-corrected chi connectivity index (χ0v) is 21.8. The van der Waals surface area contributed by atoms with Crippen molar-refractivity contribution in [3.8, 4) is 0 Å². The first-order valence-electron chi connectivity index (χ1n) is 12.9. The van der Waals surface area contributed by atoms with E-state index in [1.165, 1.54) is 69.8 Å². The standard InChI is InChI=1S/C30H44Si/c1-6-8-10-12-16-25-21-26(17-13-11-9-7-2)23-28(22-25)31(4,5)30-24(3)20-27-18-14-15-19-29(27)30/h14-15,18-23,30H,6-13,16-17H2,1-5H3. The molecule has 1 unspecified atom stereocenters. The summed E-state index contributed by atoms with van der Waals surface area (Å²) >= 11 is 0. The number of unbranched alkanes of at least 4 members (excludes halogenated alkanes) is 6. The van der Waals surface area contributed by atoms with Crippen LogP contribution >= 0.6 is 0 Å². The summed E-state index contributed by atoms with van der Waals surface area (Å²) in [6.07, 6.45) is 15.7. The fourth-order valence-corrected chi connectivity index (χ4v) is 9.25. The molecule has 2 aromatic carbocycles. The van der Waals surface area contributed by atoms with Gasteiger partial charge in [-0.2, -0.15) is 0 Å². The third-order valence-corrected chi connectivity index (χ3v) is 11.3. The third kappa shape index (κ3) is 6.01. The Labute approximate surface area is 193 Å². The number of fused-ring (bicyclic) bond motifs is 1. The van der Waals surface area contributed by atoms with E-state index in [1.54, 1.807) is 27.5 Å². The van der Waals surface area contributed by atoms with Crippen LogP contribution in [0.2, 0.25) is 13.1 Å². The average Bonchev–Trinajstić information content (AvgIpc) is 3.10. The minimum atomic E-state index is -1.70. The Bertz CT molecular complexity index is 843. The van der Waals surface area contributed by atoms with E-state index in [2.05, 4.69) is 82.4 Å². The van der Waals surface area contributed by atoms with Crippen molar-refractivity contribution in [1.29, 1.82) is 0 Å². The van der Waals surface area contributed by atoms with Crippen molar-refractivity contribution in [3.05, 3.63) is 70.3 Å². The average molecular weight is 433 g/mol. The highest BCUT2D eigenvalue weighted by molar-refractivity contribution is 6.91. The lowest BCUT2D eigenvalue weighted by molar-refractivity contribution is 0.661. The number of rotatable bonds is 12. The summed E-state index contributed by atoms with van der Waals surface area (Å²) in [6.45, 7) is 12.2. The van der Waals surface area contributed by atoms with Gasteiger partial charge < -0.3 is 0 Å². The van der Waals surface area contributed by atoms with Crippen molar-refractivity contribution >= 4 is 19.3 Å². The van der Waals surface area contributed by atoms with Gasteiger partial charge in [-0.15, -0.1) is 0 Å². The molecule has 1 aliphatic rings. The Balaban J connectivity index is 1.89. The molecule has 0 radical (unpaired) electrons. The summed E-state index contributed by atoms with van der Waals surface area (Å²) in [6, 6.07) is 16.8. The Morgan fingerprint density at radius 3 is 1.90 bits per heavy atom. The van der Waals surface area contributed by atoms with Crippen LogP contribution in [0.5, 0.6) is 0 Å². The van der Waals surface area contributed by atoms with Gasteiger partial charge in [0.05, 0.1) is 8.07 Å². The molecule has 0 spiro atoms. The predicted molar refractivity (Wildman–Crippen MR) is 142 cm³/mol. The van der Waals surface area contributed by atoms with Gasteiger partial charge in [0.1, 0.15) is 0 Å². The molecular formula is C30H44Si. The van der Waals surface area contributed by atoms with Gasteiger partial charge in [-0.25, -0.2) is 0 Å². The van der Waals surface area contributed by atoms with E-state index < -0.39 is 8.07 Å². The highest BCUT2D eigenvalue weighted by Gasteiger charge is 2.39. The SMILES string of the molecule is CCCCCCc1cc(CCCCCC)cc([Si](C)(C)C2C(C)=Cc3ccccc32)c1. The molecule has 0 heterocycles. The van der Waals surface area contributed by atoms with Crippen LogP contribution in [-0.4, -0.2) is 8.07 Å². The van der Waals surface area contributed by atoms with E-state index in [1.807, 2.05) is 0 Å². The molecule has 0 N–H and O–H groups in total. The molecule has 0 nitrogen and oxygen atoms in total. The van der Waals surface area contributed by atoms with Crippen LogP contribution in [0.15, 0.2) is 48.0 Å². The van der Waals surface area contributed by atoms with E-state index in [0.29, 0.717) is 5.54 Å². The van der Waals surface area contributed by atoms with Crippen molar-refractivity contribution in [1.82, 2.24) is 0 Å². The van der Waals surface area contributed by atoms with E-state index in [9.17, 15) is 0 Å². The largest absolute Gasteiger partial charge is 0.0923 e. The second-order valence-corrected chi connectivity index (χ2v) is 14.9. The maximum Gasteiger partial charge on any atom is 0.0923 e. The molecule has 0 bridgehead atoms. The van der Waals surface area contributed by atoms with Gasteiger partial charge in [-0.1, -0.05) is 125 Å². The summed E-state index contributed by atoms with van der Waals surface area (Å²) in [5.41, 5.74) is 8.36. The molecule has 0 fully saturated rings. The van der Waals surface area contributed by atoms with Gasteiger partial charge in [0.15, 0.2) is 0 Å². The molecule has 1 heteroatoms. The summed E-state index contributed by atoms with van der Waals surface area (Å²) in [5.74, 6) is 0. The summed E-state index contributed by atoms with van der Waals surface area (Å²) in [4.78, 5) is 0. The smallest absolute Gasteiger partial charge is 0.0676 e. The zero-order valence-electron chi connectivity index (χ0n) is 20.8. The van der Waals surface area contributed by atoms with Gasteiger partial charge in [0.2, 0.25) is 0 Å². The molecule has 0 aromatic heterocycles. The second kappa shape index (κ2) is 11.3. The van der Waals surface area contributed by atoms with Crippen LogP contribution in [0.25, 0.3) is 6.08 Å². The topological polar surface area (TPSA) is 0 Å². The minimum absolute atomic E-state index is 0.604. The molecule has 31 heavy (non-hydrogen) atoms. The lowest BCUT2D eigenvalue weighted by Gasteiger charge is -2.33. The molecule has 168 valence electrons. The third-order valence-electron chi connectivity index (χ3n) is 7.30. The Kier molecular flexibility index (Phi) is 8.78. The van der Waals surface area contributed by atoms with E-state index in [4.69, 9.17) is 0 Å². The lowest BCUT2D eigenvalue weighted by atomic mass is 10.0. The van der Waals surface area contributed by atoms with E-state index >= 15 is 0 Å². The van der Waals surface area contributed by atoms with Crippen LogP contribution < -0.4 is 5.19 Å². The van der Waals surface area contributed by atoms with Crippen molar-refractivity contribution in [2.24, 2.45) is 0 Å². The maximum atomic E-state index is 2.61. The highest BCUT2D eigenvalue weighted by atomic mass is 28.3. The predicted octanol–water partition coefficient (Wildman–Crippen LogP) is 8.59. The molecule has 0 saturated carbocycles. The normalized spacial score (nSPS) is 15.8. The summed E-state index contributed by atoms with van der Waals surface area (Å²) in [7, 11) is -1.70. The monoisotopic (exact) mass is 432 g/mol. The lowest BCUT2D eigenvalue weighted by Crippen LogP contribution is -2.48. The fraction of sp³-hybridized carbons (Fsp3) is 0.533. The highest BCUT2D eigenvalue weighted by Crippen LogP contribution is 2.42. The second-order valence-electron chi connectivity index (χ2n) is 10.3. The summed E-state index contributed by atoms with van der Waals surface area (Å²) < 4.78 is 0. The van der Waals surface area contributed by atoms with Crippen molar-refractivity contribution in [2.45, 2.75) is 104 Å². The van der Waals surface area contributed by atoms with Gasteiger partial charge >= 0.3 is 0 Å². The number of benzene rings is 2. The van der Waals surface area contributed by atoms with Crippen molar-refractivity contribution in [2.75, 3.05) is 0 Å². The molecule has 0 saturated heterocycles. The van der Waals surface area contributed by atoms with E-state index in [-0.39, 0.29) is 0 Å². The molecule has 0 amide bonds. The fourth-order valence-electron chi connectivity index (χ4n) is 5.54. The number of hydrogen-bond donors (Lipinski definition) is 0. The van der Waals surface area contributed by atoms with Gasteiger partial charge in [0, 0.05) is 5.54 Å². The van der Waals surface area contributed by atoms with E-state index in [0.717, 1.165) is 0 Å². The Morgan fingerprint density at radius 1 is 0.742 bits per heavy atom. The first kappa shape index (κ1) is 24.0. The molecule has 2 aromatic rings. The number of allylic oxidation sites excluding steroid dienone is 1. The van der Waals surface area contributed by atoms with Gasteiger partial charge in [-0.05, 0) is 54.9 Å². The van der Waals surface area contributed by atoms with Crippen LogP contribution in [0, 0.1) is 0 Å². The molecule has 1 atom stereocenters. The Morgan fingerprint density at radius 2 is 1.32 bits per heavy atom. The van der Waals surface area contributed by atoms with Gasteiger partial charge in [0.25, 0.3) is 0 Å². The first-order valence-corrected chi connectivity index (χ1v) is 16.0. The molecule has 1 aliphatic carbocycles. The van der Waals surface area contributed by atoms with Crippen LogP contribution in [-0.2, 0) is 12.8 Å². The van der Waals surface area contributed by atoms with Crippen molar-refractivity contribution < 1.29 is 0 Å². The van der Waals surface area contributed by atoms with Crippen LogP contribution in [0.3, 0.4) is 0 Å².